The average Bonchev–Trinajstić information content (AvgIpc) is 3.40. The second-order valence-electron chi connectivity index (χ2n) is 7.69. The molecule has 4 heteroatoms. The van der Waals surface area contributed by atoms with Gasteiger partial charge in [-0.3, -0.25) is 4.79 Å². The second-order valence-corrected chi connectivity index (χ2v) is 7.69. The van der Waals surface area contributed by atoms with Gasteiger partial charge in [-0.15, -0.1) is 0 Å². The predicted molar refractivity (Wildman–Crippen MR) is 96.4 cm³/mol. The Morgan fingerprint density at radius 3 is 2.32 bits per heavy atom. The topological polar surface area (TPSA) is 38.8 Å². The number of hydrogen-bond donors (Lipinski definition) is 0. The summed E-state index contributed by atoms with van der Waals surface area (Å²) in [5.74, 6) is 3.11. The van der Waals surface area contributed by atoms with Gasteiger partial charge >= 0.3 is 0 Å². The molecule has 0 radical (unpaired) electrons. The van der Waals surface area contributed by atoms with E-state index in [1.54, 1.807) is 0 Å². The molecule has 4 nitrogen and oxygen atoms in total. The van der Waals surface area contributed by atoms with E-state index in [4.69, 9.17) is 9.47 Å². The standard InChI is InChI=1S/C21H29NO3/c23-21(20-18-8-4-5-9-19(18)20)22-12-10-17(11-13-22)25-15-14-24-16-6-2-1-3-7-16/h1-3,6-7,17-20H,4-5,8-15H2/t18-,19+,20?. The van der Waals surface area contributed by atoms with Crippen LogP contribution in [0, 0.1) is 17.8 Å². The van der Waals surface area contributed by atoms with Crippen molar-refractivity contribution in [1.82, 2.24) is 4.90 Å². The Morgan fingerprint density at radius 2 is 1.64 bits per heavy atom. The van der Waals surface area contributed by atoms with Crippen molar-refractivity contribution in [1.29, 1.82) is 0 Å². The Labute approximate surface area is 150 Å². The minimum Gasteiger partial charge on any atom is -0.491 e. The van der Waals surface area contributed by atoms with E-state index in [-0.39, 0.29) is 6.10 Å². The molecule has 4 rings (SSSR count). The molecule has 2 aliphatic carbocycles. The van der Waals surface area contributed by atoms with E-state index in [0.29, 0.717) is 36.9 Å². The van der Waals surface area contributed by atoms with Crippen LogP contribution in [0.2, 0.25) is 0 Å². The molecule has 1 aliphatic heterocycles. The molecule has 136 valence electrons. The van der Waals surface area contributed by atoms with Crippen molar-refractivity contribution < 1.29 is 14.3 Å². The molecule has 0 bridgehead atoms. The van der Waals surface area contributed by atoms with Crippen molar-refractivity contribution in [3.05, 3.63) is 30.3 Å². The van der Waals surface area contributed by atoms with Gasteiger partial charge in [-0.1, -0.05) is 31.0 Å². The number of rotatable bonds is 6. The van der Waals surface area contributed by atoms with Gasteiger partial charge in [0.2, 0.25) is 5.91 Å². The van der Waals surface area contributed by atoms with Gasteiger partial charge in [0.25, 0.3) is 0 Å². The fourth-order valence-electron chi connectivity index (χ4n) is 4.70. The van der Waals surface area contributed by atoms with Crippen molar-refractivity contribution >= 4 is 5.91 Å². The van der Waals surface area contributed by atoms with Crippen LogP contribution >= 0.6 is 0 Å². The van der Waals surface area contributed by atoms with Gasteiger partial charge < -0.3 is 14.4 Å². The molecule has 0 N–H and O–H groups in total. The minimum atomic E-state index is 0.268. The monoisotopic (exact) mass is 343 g/mol. The van der Waals surface area contributed by atoms with Crippen LogP contribution in [-0.2, 0) is 9.53 Å². The lowest BCUT2D eigenvalue weighted by molar-refractivity contribution is -0.136. The fraction of sp³-hybridized carbons (Fsp3) is 0.667. The normalized spacial score (nSPS) is 29.1. The van der Waals surface area contributed by atoms with Crippen LogP contribution in [0.15, 0.2) is 30.3 Å². The van der Waals surface area contributed by atoms with Crippen molar-refractivity contribution in [3.8, 4) is 5.75 Å². The molecule has 1 amide bonds. The molecule has 3 fully saturated rings. The third-order valence-corrected chi connectivity index (χ3v) is 6.14. The first-order chi connectivity index (χ1) is 12.3. The molecule has 3 aliphatic rings. The first-order valence-electron chi connectivity index (χ1n) is 9.91. The zero-order valence-electron chi connectivity index (χ0n) is 14.9. The van der Waals surface area contributed by atoms with E-state index in [1.807, 2.05) is 30.3 Å². The predicted octanol–water partition coefficient (Wildman–Crippen LogP) is 3.51. The highest BCUT2D eigenvalue weighted by atomic mass is 16.5. The molecule has 3 atom stereocenters. The summed E-state index contributed by atoms with van der Waals surface area (Å²) in [4.78, 5) is 14.8. The Morgan fingerprint density at radius 1 is 0.960 bits per heavy atom. The van der Waals surface area contributed by atoms with E-state index in [1.165, 1.54) is 25.7 Å². The number of carbonyl (C=O) groups is 1. The van der Waals surface area contributed by atoms with Crippen LogP contribution in [0.4, 0.5) is 0 Å². The lowest BCUT2D eigenvalue weighted by atomic mass is 10.0. The molecule has 0 spiro atoms. The zero-order valence-corrected chi connectivity index (χ0v) is 14.9. The van der Waals surface area contributed by atoms with Crippen molar-refractivity contribution in [3.63, 3.8) is 0 Å². The summed E-state index contributed by atoms with van der Waals surface area (Å²) < 4.78 is 11.6. The van der Waals surface area contributed by atoms with E-state index in [0.717, 1.165) is 31.7 Å². The van der Waals surface area contributed by atoms with Gasteiger partial charge in [-0.05, 0) is 49.7 Å². The molecular weight excluding hydrogens is 314 g/mol. The Balaban J connectivity index is 1.13. The smallest absolute Gasteiger partial charge is 0.226 e. The van der Waals surface area contributed by atoms with Gasteiger partial charge in [0, 0.05) is 19.0 Å². The van der Waals surface area contributed by atoms with Gasteiger partial charge in [-0.25, -0.2) is 0 Å². The number of carbonyl (C=O) groups excluding carboxylic acids is 1. The van der Waals surface area contributed by atoms with Crippen molar-refractivity contribution in [2.45, 2.75) is 44.6 Å². The van der Waals surface area contributed by atoms with Gasteiger partial charge in [0.15, 0.2) is 0 Å². The molecular formula is C21H29NO3. The maximum atomic E-state index is 12.7. The van der Waals surface area contributed by atoms with E-state index < -0.39 is 0 Å². The summed E-state index contributed by atoms with van der Waals surface area (Å²) >= 11 is 0. The third-order valence-electron chi connectivity index (χ3n) is 6.14. The first kappa shape index (κ1) is 16.9. The molecule has 1 unspecified atom stereocenters. The SMILES string of the molecule is O=C(C1[C@H]2CCCC[C@@H]12)N1CCC(OCCOc2ccccc2)CC1. The Bertz CT molecular complexity index is 556. The molecule has 2 saturated carbocycles. The molecule has 1 heterocycles. The van der Waals surface area contributed by atoms with E-state index in [2.05, 4.69) is 4.90 Å². The summed E-state index contributed by atoms with van der Waals surface area (Å²) in [5, 5.41) is 0. The van der Waals surface area contributed by atoms with Crippen LogP contribution < -0.4 is 4.74 Å². The number of nitrogens with zero attached hydrogens (tertiary/aromatic N) is 1. The molecule has 1 saturated heterocycles. The molecule has 25 heavy (non-hydrogen) atoms. The highest BCUT2D eigenvalue weighted by molar-refractivity contribution is 5.82. The second kappa shape index (κ2) is 7.77. The first-order valence-corrected chi connectivity index (χ1v) is 9.91. The number of hydrogen-bond acceptors (Lipinski definition) is 3. The van der Waals surface area contributed by atoms with Crippen LogP contribution in [0.1, 0.15) is 38.5 Å². The maximum Gasteiger partial charge on any atom is 0.226 e. The highest BCUT2D eigenvalue weighted by Gasteiger charge is 2.55. The zero-order chi connectivity index (χ0) is 17.1. The lowest BCUT2D eigenvalue weighted by Crippen LogP contribution is -2.42. The number of ether oxygens (including phenoxy) is 2. The summed E-state index contributed by atoms with van der Waals surface area (Å²) in [6, 6.07) is 9.84. The number of piperidine rings is 1. The number of likely N-dealkylation sites (tertiary alicyclic amines) is 1. The van der Waals surface area contributed by atoms with E-state index >= 15 is 0 Å². The number of fused-ring (bicyclic) bond motifs is 1. The lowest BCUT2D eigenvalue weighted by Gasteiger charge is -2.32. The number of benzene rings is 1. The minimum absolute atomic E-state index is 0.268. The average molecular weight is 343 g/mol. The van der Waals surface area contributed by atoms with Gasteiger partial charge in [0.1, 0.15) is 12.4 Å². The van der Waals surface area contributed by atoms with Crippen LogP contribution in [0.3, 0.4) is 0 Å². The molecule has 1 aromatic carbocycles. The van der Waals surface area contributed by atoms with Crippen LogP contribution in [-0.4, -0.2) is 43.2 Å². The summed E-state index contributed by atoms with van der Waals surface area (Å²) in [5.41, 5.74) is 0. The van der Waals surface area contributed by atoms with Crippen molar-refractivity contribution in [2.75, 3.05) is 26.3 Å². The van der Waals surface area contributed by atoms with Crippen LogP contribution in [0.5, 0.6) is 5.75 Å². The molecule has 0 aromatic heterocycles. The van der Waals surface area contributed by atoms with Gasteiger partial charge in [-0.2, -0.15) is 0 Å². The summed E-state index contributed by atoms with van der Waals surface area (Å²) in [6.07, 6.45) is 7.39. The quantitative estimate of drug-likeness (QED) is 0.742. The molecule has 1 aromatic rings. The summed E-state index contributed by atoms with van der Waals surface area (Å²) in [7, 11) is 0. The largest absolute Gasteiger partial charge is 0.491 e. The highest BCUT2D eigenvalue weighted by Crippen LogP contribution is 2.56. The number of para-hydroxylation sites is 1. The Hall–Kier alpha value is -1.55. The van der Waals surface area contributed by atoms with Crippen molar-refractivity contribution in [2.24, 2.45) is 17.8 Å². The van der Waals surface area contributed by atoms with Crippen LogP contribution in [0.25, 0.3) is 0 Å². The fourth-order valence-corrected chi connectivity index (χ4v) is 4.70. The van der Waals surface area contributed by atoms with Gasteiger partial charge in [0.05, 0.1) is 12.7 Å². The Kier molecular flexibility index (Phi) is 5.25. The van der Waals surface area contributed by atoms with E-state index in [9.17, 15) is 4.79 Å². The number of amides is 1. The maximum absolute atomic E-state index is 12.7. The third kappa shape index (κ3) is 4.00. The summed E-state index contributed by atoms with van der Waals surface area (Å²) in [6.45, 7) is 2.91.